The molecular formula is C13H15BrO3. The fourth-order valence-corrected chi connectivity index (χ4v) is 2.46. The molecule has 0 aromatic heterocycles. The highest BCUT2D eigenvalue weighted by Crippen LogP contribution is 2.32. The van der Waals surface area contributed by atoms with Crippen molar-refractivity contribution in [3.8, 4) is 5.75 Å². The number of esters is 1. The molecule has 0 radical (unpaired) electrons. The molecule has 1 aromatic carbocycles. The molecule has 3 nitrogen and oxygen atoms in total. The van der Waals surface area contributed by atoms with Crippen molar-refractivity contribution in [2.75, 3.05) is 13.2 Å². The molecule has 0 N–H and O–H groups in total. The number of ether oxygens (including phenoxy) is 2. The van der Waals surface area contributed by atoms with Gasteiger partial charge in [0.15, 0.2) is 0 Å². The highest BCUT2D eigenvalue weighted by atomic mass is 79.9. The lowest BCUT2D eigenvalue weighted by Crippen LogP contribution is -2.09. The maximum Gasteiger partial charge on any atom is 0.341 e. The minimum atomic E-state index is -0.313. The summed E-state index contributed by atoms with van der Waals surface area (Å²) in [4.78, 5) is 11.9. The van der Waals surface area contributed by atoms with E-state index in [4.69, 9.17) is 9.47 Å². The van der Waals surface area contributed by atoms with Gasteiger partial charge < -0.3 is 9.47 Å². The molecule has 1 aliphatic heterocycles. The largest absolute Gasteiger partial charge is 0.492 e. The summed E-state index contributed by atoms with van der Waals surface area (Å²) in [7, 11) is 0. The fraction of sp³-hybridized carbons (Fsp3) is 0.462. The molecule has 0 spiro atoms. The minimum Gasteiger partial charge on any atom is -0.492 e. The summed E-state index contributed by atoms with van der Waals surface area (Å²) in [6, 6.07) is 3.78. The van der Waals surface area contributed by atoms with E-state index >= 15 is 0 Å². The maximum atomic E-state index is 11.9. The predicted molar refractivity (Wildman–Crippen MR) is 68.5 cm³/mol. The standard InChI is InChI=1S/C13H15BrO3/c1-2-16-13(15)11-8-10(14)7-9-5-3-4-6-17-12(9)11/h7-8H,2-6H2,1H3. The van der Waals surface area contributed by atoms with E-state index in [1.807, 2.05) is 6.07 Å². The smallest absolute Gasteiger partial charge is 0.341 e. The van der Waals surface area contributed by atoms with E-state index in [2.05, 4.69) is 15.9 Å². The van der Waals surface area contributed by atoms with Gasteiger partial charge in [-0.25, -0.2) is 4.79 Å². The molecule has 0 amide bonds. The number of halogens is 1. The summed E-state index contributed by atoms with van der Waals surface area (Å²) in [6.07, 6.45) is 3.06. The van der Waals surface area contributed by atoms with Gasteiger partial charge in [0.25, 0.3) is 0 Å². The monoisotopic (exact) mass is 298 g/mol. The first-order chi connectivity index (χ1) is 8.22. The number of carbonyl (C=O) groups excluding carboxylic acids is 1. The van der Waals surface area contributed by atoms with Gasteiger partial charge in [0.05, 0.1) is 13.2 Å². The Labute approximate surface area is 109 Å². The van der Waals surface area contributed by atoms with Gasteiger partial charge in [-0.15, -0.1) is 0 Å². The molecule has 1 aromatic rings. The van der Waals surface area contributed by atoms with Gasteiger partial charge in [-0.2, -0.15) is 0 Å². The Morgan fingerprint density at radius 3 is 3.06 bits per heavy atom. The molecule has 2 rings (SSSR count). The minimum absolute atomic E-state index is 0.313. The highest BCUT2D eigenvalue weighted by Gasteiger charge is 2.20. The Morgan fingerprint density at radius 1 is 1.47 bits per heavy atom. The third-order valence-electron chi connectivity index (χ3n) is 2.71. The topological polar surface area (TPSA) is 35.5 Å². The molecule has 0 saturated heterocycles. The molecule has 0 aliphatic carbocycles. The van der Waals surface area contributed by atoms with Crippen LogP contribution in [0.5, 0.6) is 5.75 Å². The lowest BCUT2D eigenvalue weighted by molar-refractivity contribution is 0.0521. The van der Waals surface area contributed by atoms with Crippen LogP contribution in [0.15, 0.2) is 16.6 Å². The quantitative estimate of drug-likeness (QED) is 0.786. The average molecular weight is 299 g/mol. The summed E-state index contributed by atoms with van der Waals surface area (Å²) in [6.45, 7) is 2.84. The fourth-order valence-electron chi connectivity index (χ4n) is 1.96. The summed E-state index contributed by atoms with van der Waals surface area (Å²) in [5.41, 5.74) is 1.61. The van der Waals surface area contributed by atoms with Gasteiger partial charge in [0, 0.05) is 4.47 Å². The molecule has 0 bridgehead atoms. The predicted octanol–water partition coefficient (Wildman–Crippen LogP) is 3.34. The number of aryl methyl sites for hydroxylation is 1. The Kier molecular flexibility index (Phi) is 4.05. The van der Waals surface area contributed by atoms with E-state index in [9.17, 15) is 4.79 Å². The molecular weight excluding hydrogens is 284 g/mol. The molecule has 92 valence electrons. The van der Waals surface area contributed by atoms with Crippen molar-refractivity contribution in [2.24, 2.45) is 0 Å². The summed E-state index contributed by atoms with van der Waals surface area (Å²) >= 11 is 3.42. The van der Waals surface area contributed by atoms with Gasteiger partial charge in [-0.05, 0) is 43.9 Å². The third kappa shape index (κ3) is 2.80. The van der Waals surface area contributed by atoms with E-state index in [1.165, 1.54) is 0 Å². The number of hydrogen-bond acceptors (Lipinski definition) is 3. The van der Waals surface area contributed by atoms with Crippen molar-refractivity contribution < 1.29 is 14.3 Å². The van der Waals surface area contributed by atoms with E-state index in [0.717, 1.165) is 29.3 Å². The van der Waals surface area contributed by atoms with Crippen LogP contribution >= 0.6 is 15.9 Å². The summed E-state index contributed by atoms with van der Waals surface area (Å²) < 4.78 is 11.6. The van der Waals surface area contributed by atoms with E-state index in [0.29, 0.717) is 24.5 Å². The van der Waals surface area contributed by atoms with Crippen molar-refractivity contribution in [1.29, 1.82) is 0 Å². The molecule has 4 heteroatoms. The number of carbonyl (C=O) groups is 1. The van der Waals surface area contributed by atoms with Crippen LogP contribution in [0.2, 0.25) is 0 Å². The lowest BCUT2D eigenvalue weighted by Gasteiger charge is -2.12. The van der Waals surface area contributed by atoms with Gasteiger partial charge in [-0.3, -0.25) is 0 Å². The Hall–Kier alpha value is -1.03. The summed E-state index contributed by atoms with van der Waals surface area (Å²) in [5, 5.41) is 0. The third-order valence-corrected chi connectivity index (χ3v) is 3.17. The van der Waals surface area contributed by atoms with Crippen LogP contribution < -0.4 is 4.74 Å². The summed E-state index contributed by atoms with van der Waals surface area (Å²) in [5.74, 6) is 0.385. The molecule has 0 fully saturated rings. The number of hydrogen-bond donors (Lipinski definition) is 0. The van der Waals surface area contributed by atoms with Gasteiger partial charge >= 0.3 is 5.97 Å². The second-order valence-electron chi connectivity index (χ2n) is 3.97. The van der Waals surface area contributed by atoms with Crippen molar-refractivity contribution in [2.45, 2.75) is 26.2 Å². The van der Waals surface area contributed by atoms with Crippen LogP contribution in [0.3, 0.4) is 0 Å². The molecule has 0 unspecified atom stereocenters. The second kappa shape index (κ2) is 5.54. The van der Waals surface area contributed by atoms with E-state index in [1.54, 1.807) is 13.0 Å². The zero-order chi connectivity index (χ0) is 12.3. The van der Waals surface area contributed by atoms with Crippen molar-refractivity contribution in [1.82, 2.24) is 0 Å². The molecule has 0 atom stereocenters. The number of fused-ring (bicyclic) bond motifs is 1. The maximum absolute atomic E-state index is 11.9. The first kappa shape index (κ1) is 12.4. The van der Waals surface area contributed by atoms with Crippen LogP contribution in [0.25, 0.3) is 0 Å². The van der Waals surface area contributed by atoms with E-state index < -0.39 is 0 Å². The second-order valence-corrected chi connectivity index (χ2v) is 4.88. The Morgan fingerprint density at radius 2 is 2.29 bits per heavy atom. The Bertz CT molecular complexity index is 429. The first-order valence-corrected chi connectivity index (χ1v) is 6.64. The highest BCUT2D eigenvalue weighted by molar-refractivity contribution is 9.10. The lowest BCUT2D eigenvalue weighted by atomic mass is 10.0. The van der Waals surface area contributed by atoms with Crippen LogP contribution in [-0.2, 0) is 11.2 Å². The van der Waals surface area contributed by atoms with Gasteiger partial charge in [0.1, 0.15) is 11.3 Å². The zero-order valence-electron chi connectivity index (χ0n) is 9.79. The molecule has 1 aliphatic rings. The number of benzene rings is 1. The van der Waals surface area contributed by atoms with Crippen molar-refractivity contribution >= 4 is 21.9 Å². The van der Waals surface area contributed by atoms with Crippen molar-refractivity contribution in [3.63, 3.8) is 0 Å². The molecule has 0 saturated carbocycles. The average Bonchev–Trinajstić information content (AvgIpc) is 2.53. The first-order valence-electron chi connectivity index (χ1n) is 5.84. The van der Waals surface area contributed by atoms with Crippen LogP contribution in [0.1, 0.15) is 35.7 Å². The van der Waals surface area contributed by atoms with Gasteiger partial charge in [0.2, 0.25) is 0 Å². The number of rotatable bonds is 2. The zero-order valence-corrected chi connectivity index (χ0v) is 11.4. The van der Waals surface area contributed by atoms with Crippen molar-refractivity contribution in [3.05, 3.63) is 27.7 Å². The van der Waals surface area contributed by atoms with Crippen LogP contribution in [-0.4, -0.2) is 19.2 Å². The van der Waals surface area contributed by atoms with Crippen LogP contribution in [0.4, 0.5) is 0 Å². The van der Waals surface area contributed by atoms with Gasteiger partial charge in [-0.1, -0.05) is 15.9 Å². The normalized spacial score (nSPS) is 14.5. The van der Waals surface area contributed by atoms with E-state index in [-0.39, 0.29) is 5.97 Å². The van der Waals surface area contributed by atoms with Crippen LogP contribution in [0, 0.1) is 0 Å². The Balaban J connectivity index is 2.43. The SMILES string of the molecule is CCOC(=O)c1cc(Br)cc2c1OCCCC2. The molecule has 1 heterocycles. The molecule has 17 heavy (non-hydrogen) atoms.